The van der Waals surface area contributed by atoms with Gasteiger partial charge in [-0.25, -0.2) is 0 Å². The van der Waals surface area contributed by atoms with Crippen molar-refractivity contribution in [3.8, 4) is 5.75 Å². The monoisotopic (exact) mass is 419 g/mol. The lowest BCUT2D eigenvalue weighted by molar-refractivity contribution is -0.137. The second kappa shape index (κ2) is 8.06. The van der Waals surface area contributed by atoms with E-state index in [0.29, 0.717) is 49.5 Å². The summed E-state index contributed by atoms with van der Waals surface area (Å²) in [7, 11) is 0. The number of nitrogens with zero attached hydrogens (tertiary/aromatic N) is 2. The van der Waals surface area contributed by atoms with Crippen LogP contribution in [0.4, 0.5) is 5.69 Å². The van der Waals surface area contributed by atoms with Gasteiger partial charge in [-0.15, -0.1) is 0 Å². The summed E-state index contributed by atoms with van der Waals surface area (Å²) in [5.74, 6) is 0.424. The lowest BCUT2D eigenvalue weighted by atomic mass is 9.92. The minimum Gasteiger partial charge on any atom is -0.482 e. The number of fused-ring (bicyclic) bond motifs is 2. The number of ether oxygens (including phenoxy) is 1. The van der Waals surface area contributed by atoms with Gasteiger partial charge in [0.1, 0.15) is 5.75 Å². The third kappa shape index (κ3) is 3.87. The molecule has 5 rings (SSSR count). The standard InChI is InChI=1S/C24H25N3O4/c28-22-15-31-21-13-18(5-6-20(21)25-22)24(30)26-10-8-17(9-11-26)23(29)27-12-7-16-3-1-2-4-19(16)14-27/h1-6,13,17H,7-12,14-15H2,(H,25,28). The molecule has 0 radical (unpaired) electrons. The Kier molecular flexibility index (Phi) is 5.10. The van der Waals surface area contributed by atoms with Gasteiger partial charge in [0.05, 0.1) is 5.69 Å². The van der Waals surface area contributed by atoms with Crippen LogP contribution in [0.25, 0.3) is 0 Å². The van der Waals surface area contributed by atoms with Crippen LogP contribution < -0.4 is 10.1 Å². The van der Waals surface area contributed by atoms with Gasteiger partial charge in [-0.1, -0.05) is 24.3 Å². The van der Waals surface area contributed by atoms with E-state index in [-0.39, 0.29) is 30.2 Å². The Morgan fingerprint density at radius 2 is 1.74 bits per heavy atom. The van der Waals surface area contributed by atoms with Gasteiger partial charge in [-0.05, 0) is 48.6 Å². The van der Waals surface area contributed by atoms with Crippen LogP contribution in [-0.4, -0.2) is 53.8 Å². The van der Waals surface area contributed by atoms with E-state index in [4.69, 9.17) is 4.74 Å². The first kappa shape index (κ1) is 19.6. The van der Waals surface area contributed by atoms with Crippen molar-refractivity contribution in [3.05, 3.63) is 59.2 Å². The van der Waals surface area contributed by atoms with Crippen molar-refractivity contribution >= 4 is 23.4 Å². The third-order valence-corrected chi connectivity index (χ3v) is 6.44. The van der Waals surface area contributed by atoms with Crippen LogP contribution in [-0.2, 0) is 22.6 Å². The van der Waals surface area contributed by atoms with Gasteiger partial charge < -0.3 is 19.9 Å². The van der Waals surface area contributed by atoms with E-state index in [1.54, 1.807) is 23.1 Å². The van der Waals surface area contributed by atoms with Gasteiger partial charge in [0, 0.05) is 37.7 Å². The molecule has 7 heteroatoms. The average molecular weight is 419 g/mol. The molecule has 1 fully saturated rings. The van der Waals surface area contributed by atoms with Crippen molar-refractivity contribution in [3.63, 3.8) is 0 Å². The van der Waals surface area contributed by atoms with Gasteiger partial charge in [0.15, 0.2) is 6.61 Å². The van der Waals surface area contributed by atoms with E-state index >= 15 is 0 Å². The Balaban J connectivity index is 1.19. The molecule has 0 atom stereocenters. The summed E-state index contributed by atoms with van der Waals surface area (Å²) in [4.78, 5) is 41.2. The number of nitrogens with one attached hydrogen (secondary N) is 1. The fourth-order valence-electron chi connectivity index (χ4n) is 4.66. The van der Waals surface area contributed by atoms with Crippen molar-refractivity contribution in [2.24, 2.45) is 5.92 Å². The predicted octanol–water partition coefficient (Wildman–Crippen LogP) is 2.45. The number of carbonyl (C=O) groups is 3. The molecule has 2 aromatic carbocycles. The van der Waals surface area contributed by atoms with E-state index in [9.17, 15) is 14.4 Å². The van der Waals surface area contributed by atoms with Crippen molar-refractivity contribution in [2.45, 2.75) is 25.8 Å². The van der Waals surface area contributed by atoms with Crippen LogP contribution in [0.5, 0.6) is 5.75 Å². The summed E-state index contributed by atoms with van der Waals surface area (Å²) in [6.45, 7) is 2.53. The molecule has 160 valence electrons. The van der Waals surface area contributed by atoms with Gasteiger partial charge in [-0.2, -0.15) is 0 Å². The second-order valence-electron chi connectivity index (χ2n) is 8.39. The van der Waals surface area contributed by atoms with Crippen LogP contribution >= 0.6 is 0 Å². The van der Waals surface area contributed by atoms with E-state index in [1.807, 2.05) is 17.0 Å². The molecular weight excluding hydrogens is 394 g/mol. The number of carbonyl (C=O) groups excluding carboxylic acids is 3. The zero-order valence-electron chi connectivity index (χ0n) is 17.3. The minimum atomic E-state index is -0.199. The summed E-state index contributed by atoms with van der Waals surface area (Å²) >= 11 is 0. The quantitative estimate of drug-likeness (QED) is 0.811. The number of piperidine rings is 1. The Bertz CT molecular complexity index is 1040. The van der Waals surface area contributed by atoms with Crippen LogP contribution in [0.3, 0.4) is 0 Å². The number of amides is 3. The first-order chi connectivity index (χ1) is 15.1. The second-order valence-corrected chi connectivity index (χ2v) is 8.39. The summed E-state index contributed by atoms with van der Waals surface area (Å²) in [6, 6.07) is 13.4. The molecular formula is C24H25N3O4. The number of hydrogen-bond acceptors (Lipinski definition) is 4. The smallest absolute Gasteiger partial charge is 0.262 e. The van der Waals surface area contributed by atoms with Crippen molar-refractivity contribution in [2.75, 3.05) is 31.6 Å². The maximum absolute atomic E-state index is 13.1. The number of benzene rings is 2. The maximum Gasteiger partial charge on any atom is 0.262 e. The minimum absolute atomic E-state index is 0.0311. The summed E-state index contributed by atoms with van der Waals surface area (Å²) in [5, 5.41) is 2.73. The highest BCUT2D eigenvalue weighted by Gasteiger charge is 2.32. The average Bonchev–Trinajstić information content (AvgIpc) is 2.82. The molecule has 0 aliphatic carbocycles. The topological polar surface area (TPSA) is 79.0 Å². The lowest BCUT2D eigenvalue weighted by Gasteiger charge is -2.36. The fourth-order valence-corrected chi connectivity index (χ4v) is 4.66. The molecule has 31 heavy (non-hydrogen) atoms. The summed E-state index contributed by atoms with van der Waals surface area (Å²) < 4.78 is 5.42. The third-order valence-electron chi connectivity index (χ3n) is 6.44. The van der Waals surface area contributed by atoms with E-state index < -0.39 is 0 Å². The van der Waals surface area contributed by atoms with Crippen molar-refractivity contribution in [1.29, 1.82) is 0 Å². The fraction of sp³-hybridized carbons (Fsp3) is 0.375. The predicted molar refractivity (Wildman–Crippen MR) is 115 cm³/mol. The Morgan fingerprint density at radius 3 is 2.55 bits per heavy atom. The Morgan fingerprint density at radius 1 is 0.968 bits per heavy atom. The lowest BCUT2D eigenvalue weighted by Crippen LogP contribution is -2.45. The molecule has 2 aromatic rings. The molecule has 0 aromatic heterocycles. The van der Waals surface area contributed by atoms with Crippen LogP contribution in [0.1, 0.15) is 34.3 Å². The summed E-state index contributed by atoms with van der Waals surface area (Å²) in [6.07, 6.45) is 2.26. The molecule has 0 saturated carbocycles. The van der Waals surface area contributed by atoms with E-state index in [0.717, 1.165) is 13.0 Å². The highest BCUT2D eigenvalue weighted by Crippen LogP contribution is 2.30. The number of rotatable bonds is 2. The molecule has 3 aliphatic rings. The Hall–Kier alpha value is -3.35. The highest BCUT2D eigenvalue weighted by atomic mass is 16.5. The number of likely N-dealkylation sites (tertiary alicyclic amines) is 1. The Labute approximate surface area is 181 Å². The first-order valence-corrected chi connectivity index (χ1v) is 10.8. The number of anilines is 1. The van der Waals surface area contributed by atoms with Gasteiger partial charge in [-0.3, -0.25) is 14.4 Å². The highest BCUT2D eigenvalue weighted by molar-refractivity contribution is 5.99. The number of hydrogen-bond donors (Lipinski definition) is 1. The van der Waals surface area contributed by atoms with Crippen LogP contribution in [0, 0.1) is 5.92 Å². The normalized spacial score (nSPS) is 18.5. The molecule has 1 N–H and O–H groups in total. The van der Waals surface area contributed by atoms with Gasteiger partial charge >= 0.3 is 0 Å². The van der Waals surface area contributed by atoms with Gasteiger partial charge in [0.2, 0.25) is 5.91 Å². The molecule has 3 aliphatic heterocycles. The molecule has 0 unspecified atom stereocenters. The molecule has 7 nitrogen and oxygen atoms in total. The zero-order chi connectivity index (χ0) is 21.4. The van der Waals surface area contributed by atoms with Crippen LogP contribution in [0.15, 0.2) is 42.5 Å². The molecule has 3 amide bonds. The van der Waals surface area contributed by atoms with Gasteiger partial charge in [0.25, 0.3) is 11.8 Å². The van der Waals surface area contributed by atoms with Crippen LogP contribution in [0.2, 0.25) is 0 Å². The zero-order valence-corrected chi connectivity index (χ0v) is 17.3. The van der Waals surface area contributed by atoms with E-state index in [2.05, 4.69) is 17.4 Å². The molecule has 3 heterocycles. The molecule has 0 bridgehead atoms. The van der Waals surface area contributed by atoms with E-state index in [1.165, 1.54) is 11.1 Å². The van der Waals surface area contributed by atoms with Crippen molar-refractivity contribution in [1.82, 2.24) is 9.80 Å². The summed E-state index contributed by atoms with van der Waals surface area (Å²) in [5.41, 5.74) is 3.69. The maximum atomic E-state index is 13.1. The molecule has 1 saturated heterocycles. The SMILES string of the molecule is O=C1COc2cc(C(=O)N3CCC(C(=O)N4CCc5ccccc5C4)CC3)ccc2N1. The first-order valence-electron chi connectivity index (χ1n) is 10.8. The van der Waals surface area contributed by atoms with Crippen molar-refractivity contribution < 1.29 is 19.1 Å². The molecule has 0 spiro atoms. The largest absolute Gasteiger partial charge is 0.482 e.